The van der Waals surface area contributed by atoms with Crippen molar-refractivity contribution in [3.63, 3.8) is 0 Å². The molecule has 1 aromatic heterocycles. The summed E-state index contributed by atoms with van der Waals surface area (Å²) in [5, 5.41) is 12.4. The molecule has 2 fully saturated rings. The zero-order valence-electron chi connectivity index (χ0n) is 14.3. The van der Waals surface area contributed by atoms with Crippen LogP contribution >= 0.6 is 0 Å². The lowest BCUT2D eigenvalue weighted by Crippen LogP contribution is -2.44. The molecule has 0 amide bonds. The van der Waals surface area contributed by atoms with Crippen LogP contribution in [-0.4, -0.2) is 47.4 Å². The van der Waals surface area contributed by atoms with Gasteiger partial charge in [-0.2, -0.15) is 0 Å². The fraction of sp³-hybridized carbons (Fsp3) is 0.474. The van der Waals surface area contributed by atoms with Crippen LogP contribution < -0.4 is 10.1 Å². The van der Waals surface area contributed by atoms with E-state index in [-0.39, 0.29) is 0 Å². The van der Waals surface area contributed by atoms with E-state index in [1.165, 1.54) is 25.7 Å². The molecule has 1 N–H and O–H groups in total. The van der Waals surface area contributed by atoms with Crippen LogP contribution in [0.1, 0.15) is 25.7 Å². The van der Waals surface area contributed by atoms with Crippen LogP contribution in [0, 0.1) is 0 Å². The second kappa shape index (κ2) is 6.40. The number of hydrogen-bond acceptors (Lipinski definition) is 5. The number of hydrogen-bond donors (Lipinski definition) is 1. The number of piperidine rings is 1. The average molecular weight is 324 g/mol. The normalized spacial score (nSPS) is 26.3. The third-order valence-corrected chi connectivity index (χ3v) is 5.50. The second-order valence-corrected chi connectivity index (χ2v) is 6.87. The predicted octanol–water partition coefficient (Wildman–Crippen LogP) is 3.19. The number of para-hydroxylation sites is 1. The van der Waals surface area contributed by atoms with Crippen molar-refractivity contribution < 1.29 is 4.74 Å². The molecule has 4 rings (SSSR count). The maximum Gasteiger partial charge on any atom is 0.148 e. The van der Waals surface area contributed by atoms with Crippen molar-refractivity contribution in [1.29, 1.82) is 0 Å². The van der Waals surface area contributed by atoms with E-state index in [9.17, 15) is 0 Å². The number of anilines is 1. The van der Waals surface area contributed by atoms with Crippen molar-refractivity contribution >= 4 is 5.82 Å². The molecule has 2 atom stereocenters. The van der Waals surface area contributed by atoms with Crippen molar-refractivity contribution in [1.82, 2.24) is 15.1 Å². The standard InChI is InChI=1S/C19H24N4O/c1-23-14-7-8-15(23)12-13(11-14)20-19-10-9-17(21-22-19)16-5-3-4-6-18(16)24-2/h3-6,9-10,13-15H,7-8,11-12H2,1-2H3,(H,20,22). The molecule has 2 aliphatic rings. The minimum atomic E-state index is 0.505. The van der Waals surface area contributed by atoms with Crippen LogP contribution in [0.3, 0.4) is 0 Å². The van der Waals surface area contributed by atoms with Gasteiger partial charge in [0.05, 0.1) is 12.8 Å². The van der Waals surface area contributed by atoms with E-state index in [2.05, 4.69) is 27.5 Å². The van der Waals surface area contributed by atoms with Gasteiger partial charge in [0.2, 0.25) is 0 Å². The highest BCUT2D eigenvalue weighted by atomic mass is 16.5. The summed E-state index contributed by atoms with van der Waals surface area (Å²) in [5.74, 6) is 1.68. The highest BCUT2D eigenvalue weighted by molar-refractivity contribution is 5.67. The minimum absolute atomic E-state index is 0.505. The van der Waals surface area contributed by atoms with Crippen LogP contribution in [0.2, 0.25) is 0 Å². The molecule has 0 saturated carbocycles. The predicted molar refractivity (Wildman–Crippen MR) is 95.2 cm³/mol. The molecule has 5 heteroatoms. The molecule has 24 heavy (non-hydrogen) atoms. The molecule has 5 nitrogen and oxygen atoms in total. The molecule has 126 valence electrons. The SMILES string of the molecule is COc1ccccc1-c1ccc(NC2CC3CCC(C2)N3C)nn1. The van der Waals surface area contributed by atoms with Gasteiger partial charge in [0.1, 0.15) is 11.6 Å². The molecule has 2 aromatic rings. The summed E-state index contributed by atoms with van der Waals surface area (Å²) in [4.78, 5) is 2.55. The van der Waals surface area contributed by atoms with Crippen LogP contribution in [-0.2, 0) is 0 Å². The first-order valence-corrected chi connectivity index (χ1v) is 8.70. The Bertz CT molecular complexity index is 689. The lowest BCUT2D eigenvalue weighted by Gasteiger charge is -2.36. The molecule has 0 aliphatic carbocycles. The summed E-state index contributed by atoms with van der Waals surface area (Å²) in [7, 11) is 3.94. The molecule has 2 saturated heterocycles. The number of methoxy groups -OCH3 is 1. The zero-order valence-corrected chi connectivity index (χ0v) is 14.3. The van der Waals surface area contributed by atoms with Crippen molar-refractivity contribution in [3.8, 4) is 17.0 Å². The Hall–Kier alpha value is -2.14. The monoisotopic (exact) mass is 324 g/mol. The first kappa shape index (κ1) is 15.4. The molecule has 3 heterocycles. The van der Waals surface area contributed by atoms with E-state index in [4.69, 9.17) is 4.74 Å². The Kier molecular flexibility index (Phi) is 4.10. The van der Waals surface area contributed by atoms with Crippen LogP contribution in [0.5, 0.6) is 5.75 Å². The van der Waals surface area contributed by atoms with Crippen LogP contribution in [0.25, 0.3) is 11.3 Å². The van der Waals surface area contributed by atoms with Gasteiger partial charge >= 0.3 is 0 Å². The first-order valence-electron chi connectivity index (χ1n) is 8.70. The number of rotatable bonds is 4. The maximum absolute atomic E-state index is 5.40. The topological polar surface area (TPSA) is 50.3 Å². The van der Waals surface area contributed by atoms with Crippen molar-refractivity contribution in [2.24, 2.45) is 0 Å². The lowest BCUT2D eigenvalue weighted by atomic mass is 9.98. The van der Waals surface area contributed by atoms with E-state index < -0.39 is 0 Å². The molecule has 2 unspecified atom stereocenters. The Balaban J connectivity index is 1.47. The summed E-state index contributed by atoms with van der Waals surface area (Å²) in [6.07, 6.45) is 5.06. The van der Waals surface area contributed by atoms with Gasteiger partial charge in [0, 0.05) is 23.7 Å². The van der Waals surface area contributed by atoms with E-state index in [1.54, 1.807) is 7.11 Å². The highest BCUT2D eigenvalue weighted by Gasteiger charge is 2.38. The molecule has 1 aromatic carbocycles. The third kappa shape index (κ3) is 2.84. The molecular formula is C19H24N4O. The number of benzene rings is 1. The summed E-state index contributed by atoms with van der Waals surface area (Å²) >= 11 is 0. The quantitative estimate of drug-likeness (QED) is 0.936. The summed E-state index contributed by atoms with van der Waals surface area (Å²) < 4.78 is 5.40. The van der Waals surface area contributed by atoms with E-state index >= 15 is 0 Å². The number of fused-ring (bicyclic) bond motifs is 2. The van der Waals surface area contributed by atoms with Gasteiger partial charge in [-0.15, -0.1) is 10.2 Å². The zero-order chi connectivity index (χ0) is 16.5. The van der Waals surface area contributed by atoms with E-state index in [0.29, 0.717) is 6.04 Å². The van der Waals surface area contributed by atoms with Crippen molar-refractivity contribution in [2.45, 2.75) is 43.8 Å². The van der Waals surface area contributed by atoms with Crippen molar-refractivity contribution in [2.75, 3.05) is 19.5 Å². The fourth-order valence-corrected chi connectivity index (χ4v) is 4.15. The highest BCUT2D eigenvalue weighted by Crippen LogP contribution is 2.35. The number of nitrogens with one attached hydrogen (secondary N) is 1. The molecule has 0 radical (unpaired) electrons. The number of ether oxygens (including phenoxy) is 1. The fourth-order valence-electron chi connectivity index (χ4n) is 4.15. The Morgan fingerprint density at radius 1 is 1.04 bits per heavy atom. The van der Waals surface area contributed by atoms with Gasteiger partial charge in [0.15, 0.2) is 0 Å². The van der Waals surface area contributed by atoms with Gasteiger partial charge in [-0.3, -0.25) is 0 Å². The number of aromatic nitrogens is 2. The van der Waals surface area contributed by atoms with Gasteiger partial charge in [-0.1, -0.05) is 12.1 Å². The maximum atomic E-state index is 5.40. The average Bonchev–Trinajstić information content (AvgIpc) is 2.84. The van der Waals surface area contributed by atoms with Gasteiger partial charge in [-0.25, -0.2) is 0 Å². The van der Waals surface area contributed by atoms with E-state index in [1.807, 2.05) is 36.4 Å². The second-order valence-electron chi connectivity index (χ2n) is 6.87. The smallest absolute Gasteiger partial charge is 0.148 e. The van der Waals surface area contributed by atoms with Crippen LogP contribution in [0.15, 0.2) is 36.4 Å². The summed E-state index contributed by atoms with van der Waals surface area (Å²) in [6.45, 7) is 0. The lowest BCUT2D eigenvalue weighted by molar-refractivity contribution is 0.168. The largest absolute Gasteiger partial charge is 0.496 e. The summed E-state index contributed by atoms with van der Waals surface area (Å²) in [6, 6.07) is 13.9. The van der Waals surface area contributed by atoms with Gasteiger partial charge in [-0.05, 0) is 57.0 Å². The molecule has 2 aliphatic heterocycles. The third-order valence-electron chi connectivity index (χ3n) is 5.50. The first-order chi connectivity index (χ1) is 11.7. The Morgan fingerprint density at radius 3 is 2.46 bits per heavy atom. The van der Waals surface area contributed by atoms with Crippen molar-refractivity contribution in [3.05, 3.63) is 36.4 Å². The van der Waals surface area contributed by atoms with E-state index in [0.717, 1.165) is 34.9 Å². The molecular weight excluding hydrogens is 300 g/mol. The van der Waals surface area contributed by atoms with Gasteiger partial charge in [0.25, 0.3) is 0 Å². The minimum Gasteiger partial charge on any atom is -0.496 e. The Labute approximate surface area is 143 Å². The summed E-state index contributed by atoms with van der Waals surface area (Å²) in [5.41, 5.74) is 1.80. The number of nitrogens with zero attached hydrogens (tertiary/aromatic N) is 3. The van der Waals surface area contributed by atoms with Gasteiger partial charge < -0.3 is 15.0 Å². The Morgan fingerprint density at radius 2 is 1.79 bits per heavy atom. The molecule has 0 spiro atoms. The molecule has 2 bridgehead atoms. The van der Waals surface area contributed by atoms with Crippen LogP contribution in [0.4, 0.5) is 5.82 Å².